The Balaban J connectivity index is 2.31. The predicted octanol–water partition coefficient (Wildman–Crippen LogP) is 1.68. The molecule has 0 saturated carbocycles. The van der Waals surface area contributed by atoms with Crippen molar-refractivity contribution in [2.75, 3.05) is 19.6 Å². The molecule has 1 aliphatic heterocycles. The maximum Gasteiger partial charge on any atom is 0.227 e. The summed E-state index contributed by atoms with van der Waals surface area (Å²) < 4.78 is 0. The van der Waals surface area contributed by atoms with Crippen molar-refractivity contribution in [3.63, 3.8) is 0 Å². The summed E-state index contributed by atoms with van der Waals surface area (Å²) in [5, 5.41) is 6.36. The fraction of sp³-hybridized carbons (Fsp3) is 0.917. The van der Waals surface area contributed by atoms with Gasteiger partial charge < -0.3 is 10.6 Å². The van der Waals surface area contributed by atoms with Crippen molar-refractivity contribution in [3.8, 4) is 0 Å². The van der Waals surface area contributed by atoms with Gasteiger partial charge in [-0.25, -0.2) is 0 Å². The molecule has 0 aromatic carbocycles. The van der Waals surface area contributed by atoms with Gasteiger partial charge in [-0.05, 0) is 25.8 Å². The number of nitrogens with one attached hydrogen (secondary N) is 2. The van der Waals surface area contributed by atoms with Crippen molar-refractivity contribution in [1.82, 2.24) is 10.6 Å². The Morgan fingerprint density at radius 2 is 2.20 bits per heavy atom. The van der Waals surface area contributed by atoms with E-state index in [2.05, 4.69) is 24.5 Å². The number of hydrogen-bond donors (Lipinski definition) is 2. The lowest BCUT2D eigenvalue weighted by Crippen LogP contribution is -2.42. The number of carbonyl (C=O) groups is 1. The SMILES string of the molecule is CCCCCNC(=O)C1(CC)CCNC1. The molecule has 0 aromatic heterocycles. The number of carbonyl (C=O) groups excluding carboxylic acids is 1. The second-order valence-electron chi connectivity index (χ2n) is 4.52. The minimum absolute atomic E-state index is 0.119. The molecule has 88 valence electrons. The van der Waals surface area contributed by atoms with Crippen LogP contribution in [0, 0.1) is 5.41 Å². The molecular formula is C12H24N2O. The summed E-state index contributed by atoms with van der Waals surface area (Å²) in [5.41, 5.74) is -0.119. The zero-order valence-electron chi connectivity index (χ0n) is 10.1. The van der Waals surface area contributed by atoms with Gasteiger partial charge in [0.2, 0.25) is 5.91 Å². The van der Waals surface area contributed by atoms with Crippen molar-refractivity contribution in [2.24, 2.45) is 5.41 Å². The molecule has 0 spiro atoms. The van der Waals surface area contributed by atoms with Crippen molar-refractivity contribution in [3.05, 3.63) is 0 Å². The van der Waals surface area contributed by atoms with E-state index in [4.69, 9.17) is 0 Å². The Bertz CT molecular complexity index is 198. The first-order valence-electron chi connectivity index (χ1n) is 6.24. The molecule has 1 atom stereocenters. The largest absolute Gasteiger partial charge is 0.356 e. The summed E-state index contributed by atoms with van der Waals surface area (Å²) in [7, 11) is 0. The van der Waals surface area contributed by atoms with Crippen molar-refractivity contribution in [2.45, 2.75) is 46.0 Å². The molecule has 15 heavy (non-hydrogen) atoms. The third-order valence-corrected chi connectivity index (χ3v) is 3.47. The van der Waals surface area contributed by atoms with E-state index in [1.807, 2.05) is 0 Å². The molecule has 1 unspecified atom stereocenters. The van der Waals surface area contributed by atoms with Crippen LogP contribution in [0.15, 0.2) is 0 Å². The van der Waals surface area contributed by atoms with Gasteiger partial charge in [0.1, 0.15) is 0 Å². The molecule has 0 aromatic rings. The Morgan fingerprint density at radius 3 is 2.73 bits per heavy atom. The van der Waals surface area contributed by atoms with Gasteiger partial charge in [-0.1, -0.05) is 26.7 Å². The number of unbranched alkanes of at least 4 members (excludes halogenated alkanes) is 2. The average Bonchev–Trinajstić information content (AvgIpc) is 2.74. The first kappa shape index (κ1) is 12.5. The highest BCUT2D eigenvalue weighted by Crippen LogP contribution is 2.29. The normalized spacial score (nSPS) is 25.5. The van der Waals surface area contributed by atoms with Crippen LogP contribution in [0.2, 0.25) is 0 Å². The maximum absolute atomic E-state index is 12.0. The summed E-state index contributed by atoms with van der Waals surface area (Å²) in [5.74, 6) is 0.256. The summed E-state index contributed by atoms with van der Waals surface area (Å²) >= 11 is 0. The van der Waals surface area contributed by atoms with Crippen LogP contribution in [0.25, 0.3) is 0 Å². The molecular weight excluding hydrogens is 188 g/mol. The van der Waals surface area contributed by atoms with Gasteiger partial charge in [-0.15, -0.1) is 0 Å². The molecule has 1 saturated heterocycles. The lowest BCUT2D eigenvalue weighted by Gasteiger charge is -2.25. The Morgan fingerprint density at radius 1 is 1.40 bits per heavy atom. The highest BCUT2D eigenvalue weighted by molar-refractivity contribution is 5.83. The predicted molar refractivity (Wildman–Crippen MR) is 62.7 cm³/mol. The van der Waals surface area contributed by atoms with Gasteiger partial charge in [0.15, 0.2) is 0 Å². The van der Waals surface area contributed by atoms with Crippen LogP contribution in [0.1, 0.15) is 46.0 Å². The van der Waals surface area contributed by atoms with E-state index in [-0.39, 0.29) is 11.3 Å². The van der Waals surface area contributed by atoms with Crippen molar-refractivity contribution < 1.29 is 4.79 Å². The standard InChI is InChI=1S/C12H24N2O/c1-3-5-6-8-14-11(15)12(4-2)7-9-13-10-12/h13H,3-10H2,1-2H3,(H,14,15). The molecule has 0 bridgehead atoms. The third kappa shape index (κ3) is 3.20. The molecule has 0 radical (unpaired) electrons. The van der Waals surface area contributed by atoms with Crippen LogP contribution in [0.4, 0.5) is 0 Å². The molecule has 1 rings (SSSR count). The van der Waals surface area contributed by atoms with Crippen LogP contribution >= 0.6 is 0 Å². The number of rotatable bonds is 6. The van der Waals surface area contributed by atoms with E-state index in [1.54, 1.807) is 0 Å². The van der Waals surface area contributed by atoms with Crippen LogP contribution in [0.5, 0.6) is 0 Å². The fourth-order valence-electron chi connectivity index (χ4n) is 2.16. The first-order chi connectivity index (χ1) is 7.25. The van der Waals surface area contributed by atoms with Gasteiger partial charge in [-0.2, -0.15) is 0 Å². The molecule has 3 nitrogen and oxygen atoms in total. The van der Waals surface area contributed by atoms with Crippen molar-refractivity contribution in [1.29, 1.82) is 0 Å². The molecule has 1 fully saturated rings. The van der Waals surface area contributed by atoms with E-state index in [9.17, 15) is 4.79 Å². The van der Waals surface area contributed by atoms with E-state index in [0.29, 0.717) is 0 Å². The third-order valence-electron chi connectivity index (χ3n) is 3.47. The van der Waals surface area contributed by atoms with Gasteiger partial charge >= 0.3 is 0 Å². The topological polar surface area (TPSA) is 41.1 Å². The van der Waals surface area contributed by atoms with Gasteiger partial charge in [-0.3, -0.25) is 4.79 Å². The van der Waals surface area contributed by atoms with Crippen molar-refractivity contribution >= 4 is 5.91 Å². The van der Waals surface area contributed by atoms with E-state index < -0.39 is 0 Å². The highest BCUT2D eigenvalue weighted by atomic mass is 16.2. The number of amides is 1. The molecule has 1 amide bonds. The average molecular weight is 212 g/mol. The van der Waals surface area contributed by atoms with Crippen LogP contribution in [-0.2, 0) is 4.79 Å². The summed E-state index contributed by atoms with van der Waals surface area (Å²) in [6.45, 7) is 6.96. The molecule has 2 N–H and O–H groups in total. The lowest BCUT2D eigenvalue weighted by atomic mass is 9.83. The second-order valence-corrected chi connectivity index (χ2v) is 4.52. The van der Waals surface area contributed by atoms with E-state index in [1.165, 1.54) is 12.8 Å². The van der Waals surface area contributed by atoms with Gasteiger partial charge in [0.05, 0.1) is 5.41 Å². The lowest BCUT2D eigenvalue weighted by molar-refractivity contribution is -0.130. The van der Waals surface area contributed by atoms with Gasteiger partial charge in [0, 0.05) is 13.1 Å². The second kappa shape index (κ2) is 6.11. The maximum atomic E-state index is 12.0. The van der Waals surface area contributed by atoms with E-state index in [0.717, 1.165) is 38.9 Å². The smallest absolute Gasteiger partial charge is 0.227 e. The zero-order chi connectivity index (χ0) is 11.1. The fourth-order valence-corrected chi connectivity index (χ4v) is 2.16. The monoisotopic (exact) mass is 212 g/mol. The molecule has 3 heteroatoms. The van der Waals surface area contributed by atoms with Gasteiger partial charge in [0.25, 0.3) is 0 Å². The molecule has 0 aliphatic carbocycles. The Hall–Kier alpha value is -0.570. The minimum atomic E-state index is -0.119. The summed E-state index contributed by atoms with van der Waals surface area (Å²) in [6, 6.07) is 0. The van der Waals surface area contributed by atoms with Crippen LogP contribution in [-0.4, -0.2) is 25.5 Å². The minimum Gasteiger partial charge on any atom is -0.356 e. The van der Waals surface area contributed by atoms with Crippen LogP contribution < -0.4 is 10.6 Å². The Kier molecular flexibility index (Phi) is 5.09. The molecule has 1 heterocycles. The summed E-state index contributed by atoms with van der Waals surface area (Å²) in [6.07, 6.45) is 5.45. The zero-order valence-corrected chi connectivity index (χ0v) is 10.1. The highest BCUT2D eigenvalue weighted by Gasteiger charge is 2.38. The number of hydrogen-bond acceptors (Lipinski definition) is 2. The summed E-state index contributed by atoms with van der Waals surface area (Å²) in [4.78, 5) is 12.0. The Labute approximate surface area is 93.0 Å². The van der Waals surface area contributed by atoms with Crippen LogP contribution in [0.3, 0.4) is 0 Å². The molecule has 1 aliphatic rings. The first-order valence-corrected chi connectivity index (χ1v) is 6.24. The van der Waals surface area contributed by atoms with E-state index >= 15 is 0 Å². The quantitative estimate of drug-likeness (QED) is 0.658.